The Morgan fingerprint density at radius 1 is 1.08 bits per heavy atom. The number of hydrogen-bond acceptors (Lipinski definition) is 5. The number of amidine groups is 2. The van der Waals surface area contributed by atoms with Crippen LogP contribution in [-0.4, -0.2) is 38.6 Å². The van der Waals surface area contributed by atoms with E-state index in [-0.39, 0.29) is 24.7 Å². The standard InChI is InChI=1S/C29H28F2N6O/c1-2-18-9-10-32-26(36-27(18)35-25-7-5-19(6-8-25)24-14-33-34-15-24)20-3-4-21-16-37(17-22(21)11-20)28(38)23-12-29(30,31)13-23/h3-11,14-15,18,23H,2,12-13,16-17H2,1H3,(H,33,34)(H,32,35,36). The third-order valence-corrected chi connectivity index (χ3v) is 7.46. The molecule has 0 bridgehead atoms. The molecule has 1 fully saturated rings. The molecule has 1 unspecified atom stereocenters. The van der Waals surface area contributed by atoms with E-state index in [4.69, 9.17) is 4.99 Å². The molecule has 1 aliphatic carbocycles. The van der Waals surface area contributed by atoms with Crippen LogP contribution >= 0.6 is 0 Å². The number of carbonyl (C=O) groups excluding carboxylic acids is 1. The van der Waals surface area contributed by atoms with E-state index < -0.39 is 11.8 Å². The molecule has 2 aromatic carbocycles. The van der Waals surface area contributed by atoms with Crippen LogP contribution in [0.3, 0.4) is 0 Å². The predicted molar refractivity (Wildman–Crippen MR) is 143 cm³/mol. The predicted octanol–water partition coefficient (Wildman–Crippen LogP) is 5.77. The maximum atomic E-state index is 13.3. The Hall–Kier alpha value is -4.14. The number of anilines is 1. The summed E-state index contributed by atoms with van der Waals surface area (Å²) in [5, 5.41) is 10.3. The molecule has 3 heterocycles. The van der Waals surface area contributed by atoms with E-state index in [1.807, 2.05) is 54.7 Å². The molecule has 9 heteroatoms. The molecule has 1 amide bonds. The Balaban J connectivity index is 1.20. The monoisotopic (exact) mass is 514 g/mol. The average Bonchev–Trinajstić information content (AvgIpc) is 3.54. The number of alkyl halides is 2. The van der Waals surface area contributed by atoms with Gasteiger partial charge in [0.05, 0.1) is 6.20 Å². The lowest BCUT2D eigenvalue weighted by Gasteiger charge is -2.36. The number of H-pyrrole nitrogens is 1. The van der Waals surface area contributed by atoms with E-state index in [1.165, 1.54) is 0 Å². The second kappa shape index (κ2) is 9.63. The summed E-state index contributed by atoms with van der Waals surface area (Å²) < 4.78 is 26.6. The highest BCUT2D eigenvalue weighted by Gasteiger charge is 2.50. The van der Waals surface area contributed by atoms with Crippen molar-refractivity contribution in [1.29, 1.82) is 0 Å². The zero-order valence-corrected chi connectivity index (χ0v) is 21.0. The van der Waals surface area contributed by atoms with E-state index in [2.05, 4.69) is 27.4 Å². The van der Waals surface area contributed by atoms with Crippen molar-refractivity contribution in [3.63, 3.8) is 0 Å². The largest absolute Gasteiger partial charge is 0.343 e. The molecule has 0 saturated heterocycles. The average molecular weight is 515 g/mol. The van der Waals surface area contributed by atoms with Gasteiger partial charge in [-0.25, -0.2) is 18.8 Å². The molecule has 1 atom stereocenters. The van der Waals surface area contributed by atoms with Crippen molar-refractivity contribution >= 4 is 23.3 Å². The van der Waals surface area contributed by atoms with Crippen LogP contribution in [0.15, 0.2) is 77.1 Å². The number of halogens is 2. The minimum atomic E-state index is -2.70. The van der Waals surface area contributed by atoms with E-state index in [1.54, 1.807) is 17.3 Å². The Bertz CT molecular complexity index is 1430. The van der Waals surface area contributed by atoms with Gasteiger partial charge in [0, 0.05) is 67.0 Å². The molecule has 0 spiro atoms. The van der Waals surface area contributed by atoms with Gasteiger partial charge in [-0.2, -0.15) is 5.10 Å². The summed E-state index contributed by atoms with van der Waals surface area (Å²) in [5.41, 5.74) is 5.90. The summed E-state index contributed by atoms with van der Waals surface area (Å²) in [6, 6.07) is 14.1. The molecule has 194 valence electrons. The van der Waals surface area contributed by atoms with Gasteiger partial charge in [-0.3, -0.25) is 9.89 Å². The highest BCUT2D eigenvalue weighted by atomic mass is 19.3. The van der Waals surface area contributed by atoms with Crippen molar-refractivity contribution in [2.45, 2.75) is 45.2 Å². The highest BCUT2D eigenvalue weighted by Crippen LogP contribution is 2.44. The molecule has 3 aliphatic rings. The van der Waals surface area contributed by atoms with Crippen LogP contribution in [0.2, 0.25) is 0 Å². The maximum Gasteiger partial charge on any atom is 0.249 e. The molecule has 38 heavy (non-hydrogen) atoms. The molecule has 2 N–H and O–H groups in total. The van der Waals surface area contributed by atoms with Crippen LogP contribution in [0, 0.1) is 11.8 Å². The first-order valence-electron chi connectivity index (χ1n) is 12.9. The van der Waals surface area contributed by atoms with E-state index in [0.29, 0.717) is 18.9 Å². The van der Waals surface area contributed by atoms with Crippen LogP contribution in [0.1, 0.15) is 42.9 Å². The van der Waals surface area contributed by atoms with Gasteiger partial charge in [-0.1, -0.05) is 37.3 Å². The number of amides is 1. The summed E-state index contributed by atoms with van der Waals surface area (Å²) in [6.07, 6.45) is 7.65. The highest BCUT2D eigenvalue weighted by molar-refractivity contribution is 6.12. The number of benzene rings is 2. The number of hydrogen-bond donors (Lipinski definition) is 2. The van der Waals surface area contributed by atoms with Gasteiger partial charge < -0.3 is 10.2 Å². The smallest absolute Gasteiger partial charge is 0.249 e. The third kappa shape index (κ3) is 4.76. The van der Waals surface area contributed by atoms with Crippen LogP contribution in [0.25, 0.3) is 11.1 Å². The number of nitrogens with one attached hydrogen (secondary N) is 2. The minimum absolute atomic E-state index is 0.0768. The molecule has 2 aliphatic heterocycles. The first-order chi connectivity index (χ1) is 18.4. The summed E-state index contributed by atoms with van der Waals surface area (Å²) in [4.78, 5) is 23.9. The Labute approximate surface area is 219 Å². The maximum absolute atomic E-state index is 13.3. The molecular formula is C29H28F2N6O. The van der Waals surface area contributed by atoms with Gasteiger partial charge in [0.15, 0.2) is 5.84 Å². The molecule has 7 nitrogen and oxygen atoms in total. The topological polar surface area (TPSA) is 85.7 Å². The number of nitrogens with zero attached hydrogens (tertiary/aromatic N) is 4. The quantitative estimate of drug-likeness (QED) is 0.453. The van der Waals surface area contributed by atoms with E-state index in [9.17, 15) is 13.6 Å². The van der Waals surface area contributed by atoms with Gasteiger partial charge in [-0.05, 0) is 41.3 Å². The van der Waals surface area contributed by atoms with Gasteiger partial charge in [0.2, 0.25) is 11.8 Å². The van der Waals surface area contributed by atoms with Gasteiger partial charge in [-0.15, -0.1) is 0 Å². The molecule has 1 aromatic heterocycles. The minimum Gasteiger partial charge on any atom is -0.343 e. The number of aliphatic imine (C=N–C) groups is 2. The second-order valence-corrected chi connectivity index (χ2v) is 10.1. The summed E-state index contributed by atoms with van der Waals surface area (Å²) >= 11 is 0. The van der Waals surface area contributed by atoms with Crippen molar-refractivity contribution in [2.75, 3.05) is 5.32 Å². The number of rotatable bonds is 5. The SMILES string of the molecule is CCC1C=CN=C(c2ccc3c(c2)CN(C(=O)C2CC(F)(F)C2)C3)N=C1Nc1ccc(-c2cn[nH]c2)cc1. The number of carbonyl (C=O) groups is 1. The Morgan fingerprint density at radius 3 is 2.55 bits per heavy atom. The van der Waals surface area contributed by atoms with Crippen LogP contribution in [0.5, 0.6) is 0 Å². The summed E-state index contributed by atoms with van der Waals surface area (Å²) in [5.74, 6) is -1.99. The lowest BCUT2D eigenvalue weighted by molar-refractivity contribution is -0.160. The number of aromatic amines is 1. The molecule has 1 saturated carbocycles. The summed E-state index contributed by atoms with van der Waals surface area (Å²) in [6.45, 7) is 2.98. The fourth-order valence-electron chi connectivity index (χ4n) is 5.21. The van der Waals surface area contributed by atoms with E-state index >= 15 is 0 Å². The normalized spacial score (nSPS) is 20.3. The lowest BCUT2D eigenvalue weighted by atomic mass is 9.80. The van der Waals surface area contributed by atoms with Gasteiger partial charge in [0.1, 0.15) is 5.84 Å². The number of fused-ring (bicyclic) bond motifs is 1. The van der Waals surface area contributed by atoms with Crippen molar-refractivity contribution in [2.24, 2.45) is 21.8 Å². The van der Waals surface area contributed by atoms with Crippen molar-refractivity contribution in [3.8, 4) is 11.1 Å². The lowest BCUT2D eigenvalue weighted by Crippen LogP contribution is -2.45. The molecule has 3 aromatic rings. The molecular weight excluding hydrogens is 486 g/mol. The zero-order valence-electron chi connectivity index (χ0n) is 21.0. The van der Waals surface area contributed by atoms with Crippen molar-refractivity contribution < 1.29 is 13.6 Å². The molecule has 0 radical (unpaired) electrons. The van der Waals surface area contributed by atoms with Crippen molar-refractivity contribution in [1.82, 2.24) is 15.1 Å². The molecule has 6 rings (SSSR count). The fraction of sp³-hybridized carbons (Fsp3) is 0.310. The van der Waals surface area contributed by atoms with E-state index in [0.717, 1.165) is 45.8 Å². The first kappa shape index (κ1) is 24.2. The van der Waals surface area contributed by atoms with Crippen LogP contribution in [-0.2, 0) is 17.9 Å². The van der Waals surface area contributed by atoms with Gasteiger partial charge >= 0.3 is 0 Å². The zero-order chi connectivity index (χ0) is 26.3. The Kier molecular flexibility index (Phi) is 6.13. The van der Waals surface area contributed by atoms with Crippen molar-refractivity contribution in [3.05, 3.63) is 83.8 Å². The number of aromatic nitrogens is 2. The summed E-state index contributed by atoms with van der Waals surface area (Å²) in [7, 11) is 0. The fourth-order valence-corrected chi connectivity index (χ4v) is 5.21. The third-order valence-electron chi connectivity index (χ3n) is 7.46. The second-order valence-electron chi connectivity index (χ2n) is 10.1. The van der Waals surface area contributed by atoms with Crippen LogP contribution in [0.4, 0.5) is 14.5 Å². The van der Waals surface area contributed by atoms with Crippen LogP contribution < -0.4 is 5.32 Å². The van der Waals surface area contributed by atoms with Gasteiger partial charge in [0.25, 0.3) is 0 Å². The first-order valence-corrected chi connectivity index (χ1v) is 12.9. The Morgan fingerprint density at radius 2 is 1.84 bits per heavy atom.